The molecule has 0 bridgehead atoms. The van der Waals surface area contributed by atoms with Crippen molar-refractivity contribution in [2.45, 2.75) is 45.3 Å². The number of benzene rings is 2. The van der Waals surface area contributed by atoms with Gasteiger partial charge in [0.1, 0.15) is 17.6 Å². The predicted octanol–water partition coefficient (Wildman–Crippen LogP) is 7.13. The molecule has 8 nitrogen and oxygen atoms in total. The van der Waals surface area contributed by atoms with Gasteiger partial charge in [0.05, 0.1) is 42.7 Å². The van der Waals surface area contributed by atoms with E-state index in [1.807, 2.05) is 36.4 Å². The fraction of sp³-hybridized carbons (Fsp3) is 0.355. The van der Waals surface area contributed by atoms with Gasteiger partial charge in [0.2, 0.25) is 0 Å². The van der Waals surface area contributed by atoms with E-state index in [4.69, 9.17) is 18.9 Å². The highest BCUT2D eigenvalue weighted by molar-refractivity contribution is 6.74. The first-order valence-electron chi connectivity index (χ1n) is 13.3. The summed E-state index contributed by atoms with van der Waals surface area (Å²) in [6.07, 6.45) is 5.73. The molecule has 0 saturated heterocycles. The van der Waals surface area contributed by atoms with E-state index in [2.05, 4.69) is 54.8 Å². The van der Waals surface area contributed by atoms with Crippen LogP contribution in [-0.2, 0) is 4.43 Å². The molecule has 208 valence electrons. The molecule has 0 radical (unpaired) electrons. The molecule has 0 spiro atoms. The van der Waals surface area contributed by atoms with E-state index >= 15 is 0 Å². The minimum atomic E-state index is -1.85. The van der Waals surface area contributed by atoms with Crippen LogP contribution < -0.4 is 14.4 Å². The Morgan fingerprint density at radius 3 is 2.30 bits per heavy atom. The van der Waals surface area contributed by atoms with Gasteiger partial charge in [-0.3, -0.25) is 9.97 Å². The topological polar surface area (TPSA) is 93.4 Å². The van der Waals surface area contributed by atoms with Crippen molar-refractivity contribution in [3.63, 3.8) is 0 Å². The first-order chi connectivity index (χ1) is 19.1. The number of hydrogen-bond donors (Lipinski definition) is 0. The molecule has 0 N–H and O–H groups in total. The second kappa shape index (κ2) is 12.0. The number of nitriles is 1. The van der Waals surface area contributed by atoms with Crippen molar-refractivity contribution in [1.82, 2.24) is 15.0 Å². The zero-order chi connectivity index (χ0) is 28.9. The molecule has 0 fully saturated rings. The van der Waals surface area contributed by atoms with Gasteiger partial charge in [0.25, 0.3) is 0 Å². The van der Waals surface area contributed by atoms with Crippen molar-refractivity contribution in [1.29, 1.82) is 5.26 Å². The third kappa shape index (κ3) is 6.41. The lowest BCUT2D eigenvalue weighted by molar-refractivity contribution is 0.284. The Bertz CT molecular complexity index is 1510. The van der Waals surface area contributed by atoms with Crippen molar-refractivity contribution >= 4 is 30.7 Å². The van der Waals surface area contributed by atoms with Crippen LogP contribution in [0.3, 0.4) is 0 Å². The smallest absolute Gasteiger partial charge is 0.191 e. The number of methoxy groups -OCH3 is 2. The van der Waals surface area contributed by atoms with Crippen LogP contribution in [0.5, 0.6) is 11.5 Å². The van der Waals surface area contributed by atoms with E-state index in [-0.39, 0.29) is 5.04 Å². The summed E-state index contributed by atoms with van der Waals surface area (Å²) in [7, 11) is 1.45. The van der Waals surface area contributed by atoms with Gasteiger partial charge in [-0.1, -0.05) is 20.8 Å². The monoisotopic (exact) mass is 555 g/mol. The van der Waals surface area contributed by atoms with E-state index in [0.717, 1.165) is 28.8 Å². The van der Waals surface area contributed by atoms with Crippen LogP contribution in [0.15, 0.2) is 61.1 Å². The molecule has 0 aliphatic heterocycles. The average Bonchev–Trinajstić information content (AvgIpc) is 2.95. The van der Waals surface area contributed by atoms with E-state index in [1.54, 1.807) is 38.9 Å². The van der Waals surface area contributed by atoms with Crippen molar-refractivity contribution in [2.24, 2.45) is 0 Å². The maximum absolute atomic E-state index is 9.55. The third-order valence-corrected chi connectivity index (χ3v) is 12.0. The Labute approximate surface area is 237 Å². The molecule has 0 aliphatic rings. The zero-order valence-electron chi connectivity index (χ0n) is 24.4. The SMILES string of the molecule is COc1cc(OC)cc(N(CCCO[Si](C)(C)C(C)(C)C)c2ccc3ncc(-c4ccncc4C#N)nc3c2)c1. The lowest BCUT2D eigenvalue weighted by Gasteiger charge is -2.36. The van der Waals surface area contributed by atoms with Gasteiger partial charge in [0.15, 0.2) is 8.32 Å². The van der Waals surface area contributed by atoms with Gasteiger partial charge in [-0.15, -0.1) is 0 Å². The van der Waals surface area contributed by atoms with Gasteiger partial charge in [-0.05, 0) is 48.8 Å². The van der Waals surface area contributed by atoms with Gasteiger partial charge in [0, 0.05) is 60.7 Å². The molecule has 9 heteroatoms. The van der Waals surface area contributed by atoms with Crippen LogP contribution in [0.4, 0.5) is 11.4 Å². The van der Waals surface area contributed by atoms with Crippen LogP contribution in [-0.4, -0.2) is 50.6 Å². The normalized spacial score (nSPS) is 11.8. The first-order valence-corrected chi connectivity index (χ1v) is 16.2. The van der Waals surface area contributed by atoms with Crippen molar-refractivity contribution < 1.29 is 13.9 Å². The first kappa shape index (κ1) is 29.0. The molecule has 2 heterocycles. The number of fused-ring (bicyclic) bond motifs is 1. The van der Waals surface area contributed by atoms with Crippen LogP contribution in [0.2, 0.25) is 18.1 Å². The summed E-state index contributed by atoms with van der Waals surface area (Å²) in [5, 5.41) is 9.70. The van der Waals surface area contributed by atoms with Crippen molar-refractivity contribution in [3.8, 4) is 28.8 Å². The molecule has 4 aromatic rings. The Kier molecular flexibility index (Phi) is 8.72. The van der Waals surface area contributed by atoms with E-state index in [0.29, 0.717) is 41.5 Å². The molecule has 0 saturated carbocycles. The van der Waals surface area contributed by atoms with E-state index in [1.165, 1.54) is 0 Å². The molecule has 0 atom stereocenters. The van der Waals surface area contributed by atoms with Crippen LogP contribution in [0.1, 0.15) is 32.8 Å². The van der Waals surface area contributed by atoms with Gasteiger partial charge >= 0.3 is 0 Å². The number of aromatic nitrogens is 3. The lowest BCUT2D eigenvalue weighted by Crippen LogP contribution is -2.41. The molecule has 2 aromatic carbocycles. The fourth-order valence-electron chi connectivity index (χ4n) is 4.13. The number of pyridine rings is 1. The second-order valence-corrected chi connectivity index (χ2v) is 16.0. The number of ether oxygens (including phenoxy) is 2. The Hall–Kier alpha value is -4.00. The summed E-state index contributed by atoms with van der Waals surface area (Å²) in [5.74, 6) is 1.42. The van der Waals surface area contributed by atoms with Gasteiger partial charge < -0.3 is 18.8 Å². The second-order valence-electron chi connectivity index (χ2n) is 11.1. The number of nitrogens with zero attached hydrogens (tertiary/aromatic N) is 5. The number of rotatable bonds is 10. The number of hydrogen-bond acceptors (Lipinski definition) is 8. The minimum absolute atomic E-state index is 0.155. The molecule has 2 aromatic heterocycles. The summed E-state index contributed by atoms with van der Waals surface area (Å²) < 4.78 is 17.6. The summed E-state index contributed by atoms with van der Waals surface area (Å²) >= 11 is 0. The molecular weight excluding hydrogens is 518 g/mol. The highest BCUT2D eigenvalue weighted by Gasteiger charge is 2.36. The molecular formula is C31H37N5O3Si. The van der Waals surface area contributed by atoms with Crippen molar-refractivity contribution in [2.75, 3.05) is 32.3 Å². The van der Waals surface area contributed by atoms with Crippen LogP contribution in [0.25, 0.3) is 22.3 Å². The van der Waals surface area contributed by atoms with Crippen LogP contribution >= 0.6 is 0 Å². The standard InChI is InChI=1S/C31H37N5O3Si/c1-31(2,3)40(6,7)39-14-8-13-36(24-15-25(37-4)18-26(16-24)38-5)23-9-10-28-29(17-23)35-30(21-34-28)27-11-12-33-20-22(27)19-32/h9-12,15-18,20-21H,8,13-14H2,1-7H3. The maximum Gasteiger partial charge on any atom is 0.191 e. The summed E-state index contributed by atoms with van der Waals surface area (Å²) in [6, 6.07) is 15.9. The summed E-state index contributed by atoms with van der Waals surface area (Å²) in [6.45, 7) is 12.7. The lowest BCUT2D eigenvalue weighted by atomic mass is 10.1. The molecule has 0 aliphatic carbocycles. The molecule has 0 amide bonds. The summed E-state index contributed by atoms with van der Waals surface area (Å²) in [4.78, 5) is 15.8. The number of anilines is 2. The quantitative estimate of drug-likeness (QED) is 0.151. The molecule has 0 unspecified atom stereocenters. The fourth-order valence-corrected chi connectivity index (χ4v) is 5.21. The van der Waals surface area contributed by atoms with E-state index < -0.39 is 8.32 Å². The molecule has 4 rings (SSSR count). The Morgan fingerprint density at radius 2 is 1.65 bits per heavy atom. The predicted molar refractivity (Wildman–Crippen MR) is 162 cm³/mol. The van der Waals surface area contributed by atoms with Gasteiger partial charge in [-0.25, -0.2) is 4.98 Å². The largest absolute Gasteiger partial charge is 0.497 e. The zero-order valence-corrected chi connectivity index (χ0v) is 25.4. The molecule has 40 heavy (non-hydrogen) atoms. The average molecular weight is 556 g/mol. The van der Waals surface area contributed by atoms with Crippen molar-refractivity contribution in [3.05, 3.63) is 66.6 Å². The van der Waals surface area contributed by atoms with Crippen LogP contribution in [0, 0.1) is 11.3 Å². The third-order valence-electron chi connectivity index (χ3n) is 7.50. The highest BCUT2D eigenvalue weighted by Crippen LogP contribution is 2.37. The van der Waals surface area contributed by atoms with E-state index in [9.17, 15) is 5.26 Å². The highest BCUT2D eigenvalue weighted by atomic mass is 28.4. The Balaban J connectivity index is 1.71. The Morgan fingerprint density at radius 1 is 0.925 bits per heavy atom. The van der Waals surface area contributed by atoms with Gasteiger partial charge in [-0.2, -0.15) is 5.26 Å². The minimum Gasteiger partial charge on any atom is -0.497 e. The summed E-state index contributed by atoms with van der Waals surface area (Å²) in [5.41, 5.74) is 5.18. The maximum atomic E-state index is 9.55.